The van der Waals surface area contributed by atoms with Crippen LogP contribution in [-0.2, 0) is 0 Å². The van der Waals surface area contributed by atoms with Crippen molar-refractivity contribution in [3.05, 3.63) is 29.8 Å². The van der Waals surface area contributed by atoms with E-state index in [0.717, 1.165) is 4.48 Å². The maximum Gasteiger partial charge on any atom is 0.132 e. The fraction of sp³-hybridized carbons (Fsp3) is 0.400. The Morgan fingerprint density at radius 1 is 0.917 bits per heavy atom. The molecule has 0 bridgehead atoms. The fourth-order valence-electron chi connectivity index (χ4n) is 0.992. The number of rotatable bonds is 1. The highest BCUT2D eigenvalue weighted by molar-refractivity contribution is 5.42. The van der Waals surface area contributed by atoms with Crippen LogP contribution in [0.15, 0.2) is 24.3 Å². The second kappa shape index (κ2) is 4.06. The van der Waals surface area contributed by atoms with Gasteiger partial charge in [0.2, 0.25) is 0 Å². The van der Waals surface area contributed by atoms with Crippen LogP contribution in [0.3, 0.4) is 0 Å². The smallest absolute Gasteiger partial charge is 0.132 e. The molecule has 2 heteroatoms. The largest absolute Gasteiger partial charge is 1.00 e. The van der Waals surface area contributed by atoms with Gasteiger partial charge in [0.25, 0.3) is 0 Å². The van der Waals surface area contributed by atoms with E-state index in [1.165, 1.54) is 11.3 Å². The lowest BCUT2D eigenvalue weighted by Crippen LogP contribution is -3.00. The van der Waals surface area contributed by atoms with Gasteiger partial charge in [-0.25, -0.2) is 0 Å². The molecule has 0 atom stereocenters. The van der Waals surface area contributed by atoms with E-state index >= 15 is 0 Å². The lowest BCUT2D eigenvalue weighted by atomic mass is 10.2. The quantitative estimate of drug-likeness (QED) is 0.554. The van der Waals surface area contributed by atoms with Gasteiger partial charge in [-0.15, -0.1) is 0 Å². The highest BCUT2D eigenvalue weighted by Gasteiger charge is 2.09. The standard InChI is InChI=1S/C10H16N.BrH/c1-9-5-7-10(8-6-9)11(2,3)4;/h5-8H,1-4H3;1H/q+1;/p-1. The third-order valence-electron chi connectivity index (χ3n) is 1.81. The Bertz CT molecular complexity index is 233. The Hall–Kier alpha value is -0.340. The van der Waals surface area contributed by atoms with Crippen molar-refractivity contribution >= 4 is 5.69 Å². The molecule has 0 aromatic heterocycles. The zero-order valence-electron chi connectivity index (χ0n) is 8.13. The maximum absolute atomic E-state index is 2.18. The molecule has 0 spiro atoms. The van der Waals surface area contributed by atoms with Gasteiger partial charge in [-0.3, -0.25) is 4.48 Å². The predicted octanol–water partition coefficient (Wildman–Crippen LogP) is -0.804. The Morgan fingerprint density at radius 2 is 1.33 bits per heavy atom. The van der Waals surface area contributed by atoms with Crippen molar-refractivity contribution in [1.29, 1.82) is 0 Å². The van der Waals surface area contributed by atoms with Gasteiger partial charge in [0.05, 0.1) is 21.1 Å². The van der Waals surface area contributed by atoms with Crippen LogP contribution in [0.5, 0.6) is 0 Å². The normalized spacial score (nSPS) is 10.7. The molecule has 0 fully saturated rings. The molecule has 1 aromatic rings. The van der Waals surface area contributed by atoms with Crippen LogP contribution in [-0.4, -0.2) is 21.1 Å². The summed E-state index contributed by atoms with van der Waals surface area (Å²) in [5.41, 5.74) is 2.66. The summed E-state index contributed by atoms with van der Waals surface area (Å²) in [6, 6.07) is 8.66. The Morgan fingerprint density at radius 3 is 1.67 bits per heavy atom. The van der Waals surface area contributed by atoms with E-state index in [0.29, 0.717) is 0 Å². The van der Waals surface area contributed by atoms with Gasteiger partial charge in [-0.2, -0.15) is 0 Å². The van der Waals surface area contributed by atoms with Crippen LogP contribution < -0.4 is 21.5 Å². The van der Waals surface area contributed by atoms with Crippen molar-refractivity contribution in [2.75, 3.05) is 21.1 Å². The second-order valence-corrected chi connectivity index (χ2v) is 3.85. The molecule has 12 heavy (non-hydrogen) atoms. The number of aryl methyl sites for hydroxylation is 1. The lowest BCUT2D eigenvalue weighted by molar-refractivity contribution is -0.00000265. The van der Waals surface area contributed by atoms with Crippen molar-refractivity contribution < 1.29 is 17.0 Å². The van der Waals surface area contributed by atoms with Crippen molar-refractivity contribution in [1.82, 2.24) is 4.48 Å². The third kappa shape index (κ3) is 2.95. The monoisotopic (exact) mass is 229 g/mol. The van der Waals surface area contributed by atoms with E-state index < -0.39 is 0 Å². The molecule has 1 rings (SSSR count). The van der Waals surface area contributed by atoms with Gasteiger partial charge in [0, 0.05) is 0 Å². The van der Waals surface area contributed by atoms with Gasteiger partial charge in [-0.05, 0) is 19.1 Å². The molecule has 0 saturated carbocycles. The van der Waals surface area contributed by atoms with E-state index in [-0.39, 0.29) is 17.0 Å². The van der Waals surface area contributed by atoms with Crippen LogP contribution in [0, 0.1) is 6.92 Å². The minimum Gasteiger partial charge on any atom is -1.00 e. The summed E-state index contributed by atoms with van der Waals surface area (Å²) in [6.45, 7) is 2.11. The molecule has 0 aliphatic rings. The number of nitrogens with zero attached hydrogens (tertiary/aromatic N) is 1. The van der Waals surface area contributed by atoms with Crippen molar-refractivity contribution in [3.63, 3.8) is 0 Å². The molecule has 0 unspecified atom stereocenters. The summed E-state index contributed by atoms with van der Waals surface area (Å²) in [6.07, 6.45) is 0. The number of quaternary nitrogens is 1. The SMILES string of the molecule is Cc1ccc([N+](C)(C)C)cc1.[Br-]. The number of hydrogen-bond acceptors (Lipinski definition) is 0. The molecule has 0 heterocycles. The van der Waals surface area contributed by atoms with E-state index in [9.17, 15) is 0 Å². The lowest BCUT2D eigenvalue weighted by Gasteiger charge is -2.23. The molecule has 1 aromatic carbocycles. The molecular formula is C10H16BrN. The van der Waals surface area contributed by atoms with Gasteiger partial charge in [0.15, 0.2) is 0 Å². The maximum atomic E-state index is 2.18. The van der Waals surface area contributed by atoms with E-state index in [1.807, 2.05) is 0 Å². The average Bonchev–Trinajstić information content (AvgIpc) is 1.86. The molecule has 0 aliphatic carbocycles. The van der Waals surface area contributed by atoms with Crippen molar-refractivity contribution in [2.24, 2.45) is 0 Å². The Labute approximate surface area is 85.4 Å². The van der Waals surface area contributed by atoms with Crippen molar-refractivity contribution in [2.45, 2.75) is 6.92 Å². The zero-order valence-corrected chi connectivity index (χ0v) is 9.72. The van der Waals surface area contributed by atoms with E-state index in [2.05, 4.69) is 52.3 Å². The van der Waals surface area contributed by atoms with E-state index in [4.69, 9.17) is 0 Å². The third-order valence-corrected chi connectivity index (χ3v) is 1.81. The topological polar surface area (TPSA) is 0 Å². The first-order valence-electron chi connectivity index (χ1n) is 3.89. The first-order valence-corrected chi connectivity index (χ1v) is 3.89. The summed E-state index contributed by atoms with van der Waals surface area (Å²) in [5.74, 6) is 0. The van der Waals surface area contributed by atoms with E-state index in [1.54, 1.807) is 0 Å². The van der Waals surface area contributed by atoms with Gasteiger partial charge >= 0.3 is 0 Å². The Kier molecular flexibility index (Phi) is 3.94. The minimum absolute atomic E-state index is 0. The molecule has 0 N–H and O–H groups in total. The van der Waals surface area contributed by atoms with Crippen LogP contribution >= 0.6 is 0 Å². The molecular weight excluding hydrogens is 214 g/mol. The van der Waals surface area contributed by atoms with Gasteiger partial charge in [-0.1, -0.05) is 17.7 Å². The molecule has 0 radical (unpaired) electrons. The number of hydrogen-bond donors (Lipinski definition) is 0. The predicted molar refractivity (Wildman–Crippen MR) is 50.7 cm³/mol. The Balaban J connectivity index is 0.00000121. The average molecular weight is 230 g/mol. The molecule has 68 valence electrons. The zero-order chi connectivity index (χ0) is 8.48. The number of halogens is 1. The summed E-state index contributed by atoms with van der Waals surface area (Å²) in [4.78, 5) is 0. The van der Waals surface area contributed by atoms with Gasteiger partial charge in [0.1, 0.15) is 5.69 Å². The molecule has 0 amide bonds. The van der Waals surface area contributed by atoms with Crippen LogP contribution in [0.4, 0.5) is 5.69 Å². The summed E-state index contributed by atoms with van der Waals surface area (Å²) >= 11 is 0. The highest BCUT2D eigenvalue weighted by atomic mass is 79.9. The first-order chi connectivity index (χ1) is 5.00. The van der Waals surface area contributed by atoms with Crippen LogP contribution in [0.1, 0.15) is 5.56 Å². The van der Waals surface area contributed by atoms with Gasteiger partial charge < -0.3 is 17.0 Å². The van der Waals surface area contributed by atoms with Crippen molar-refractivity contribution in [3.8, 4) is 0 Å². The number of benzene rings is 1. The summed E-state index contributed by atoms with van der Waals surface area (Å²) in [7, 11) is 6.51. The van der Waals surface area contributed by atoms with Crippen LogP contribution in [0.25, 0.3) is 0 Å². The molecule has 0 saturated heterocycles. The summed E-state index contributed by atoms with van der Waals surface area (Å²) in [5, 5.41) is 0. The molecule has 0 aliphatic heterocycles. The fourth-order valence-corrected chi connectivity index (χ4v) is 0.992. The highest BCUT2D eigenvalue weighted by Crippen LogP contribution is 2.16. The molecule has 1 nitrogen and oxygen atoms in total. The minimum atomic E-state index is 0. The summed E-state index contributed by atoms with van der Waals surface area (Å²) < 4.78 is 0.889. The van der Waals surface area contributed by atoms with Crippen LogP contribution in [0.2, 0.25) is 0 Å². The first kappa shape index (κ1) is 11.7. The second-order valence-electron chi connectivity index (χ2n) is 3.85.